The van der Waals surface area contributed by atoms with Crippen LogP contribution in [0.15, 0.2) is 33.6 Å². The van der Waals surface area contributed by atoms with Crippen molar-refractivity contribution in [3.05, 3.63) is 28.7 Å². The SMILES string of the molecule is CC1CN(S(=O)(=O)c2ccccc2Br)CCC1Cl. The second-order valence-corrected chi connectivity index (χ2v) is 7.90. The van der Waals surface area contributed by atoms with Crippen LogP contribution < -0.4 is 0 Å². The van der Waals surface area contributed by atoms with Gasteiger partial charge in [-0.05, 0) is 40.4 Å². The van der Waals surface area contributed by atoms with E-state index in [-0.39, 0.29) is 11.3 Å². The van der Waals surface area contributed by atoms with Crippen molar-refractivity contribution in [1.82, 2.24) is 4.31 Å². The molecule has 0 bridgehead atoms. The second-order valence-electron chi connectivity index (χ2n) is 4.58. The van der Waals surface area contributed by atoms with Crippen LogP contribution in [0.1, 0.15) is 13.3 Å². The first-order valence-corrected chi connectivity index (χ1v) is 8.48. The summed E-state index contributed by atoms with van der Waals surface area (Å²) in [6.45, 7) is 2.96. The predicted molar refractivity (Wildman–Crippen MR) is 76.3 cm³/mol. The van der Waals surface area contributed by atoms with Crippen molar-refractivity contribution in [2.24, 2.45) is 5.92 Å². The third kappa shape index (κ3) is 2.74. The van der Waals surface area contributed by atoms with E-state index >= 15 is 0 Å². The number of sulfonamides is 1. The zero-order valence-corrected chi connectivity index (χ0v) is 13.2. The standard InChI is InChI=1S/C12H15BrClNO2S/c1-9-8-15(7-6-11(9)14)18(16,17)12-5-3-2-4-10(12)13/h2-5,9,11H,6-8H2,1H3. The molecule has 2 atom stereocenters. The van der Waals surface area contributed by atoms with Gasteiger partial charge in [0.05, 0.1) is 4.90 Å². The van der Waals surface area contributed by atoms with Gasteiger partial charge in [0.15, 0.2) is 0 Å². The molecular weight excluding hydrogens is 338 g/mol. The number of piperidine rings is 1. The molecule has 0 aliphatic carbocycles. The molecule has 1 aromatic carbocycles. The predicted octanol–water partition coefficient (Wildman–Crippen LogP) is 3.09. The third-order valence-electron chi connectivity index (χ3n) is 3.22. The molecule has 1 aromatic rings. The first-order chi connectivity index (χ1) is 8.43. The van der Waals surface area contributed by atoms with Gasteiger partial charge in [0.1, 0.15) is 0 Å². The topological polar surface area (TPSA) is 37.4 Å². The van der Waals surface area contributed by atoms with E-state index in [0.29, 0.717) is 28.9 Å². The lowest BCUT2D eigenvalue weighted by atomic mass is 10.0. The highest BCUT2D eigenvalue weighted by molar-refractivity contribution is 9.10. The average Bonchev–Trinajstić information content (AvgIpc) is 2.33. The highest BCUT2D eigenvalue weighted by Gasteiger charge is 2.33. The smallest absolute Gasteiger partial charge is 0.207 e. The summed E-state index contributed by atoms with van der Waals surface area (Å²) in [5, 5.41) is 0.0654. The first-order valence-electron chi connectivity index (χ1n) is 5.81. The average molecular weight is 353 g/mol. The normalized spacial score (nSPS) is 26.2. The minimum absolute atomic E-state index is 0.0654. The summed E-state index contributed by atoms with van der Waals surface area (Å²) in [5.41, 5.74) is 0. The molecule has 1 fully saturated rings. The number of alkyl halides is 1. The highest BCUT2D eigenvalue weighted by Crippen LogP contribution is 2.29. The summed E-state index contributed by atoms with van der Waals surface area (Å²) in [4.78, 5) is 0.324. The molecule has 0 radical (unpaired) electrons. The van der Waals surface area contributed by atoms with Crippen LogP contribution in [0, 0.1) is 5.92 Å². The van der Waals surface area contributed by atoms with Gasteiger partial charge in [-0.1, -0.05) is 19.1 Å². The van der Waals surface area contributed by atoms with Crippen LogP contribution in [0.25, 0.3) is 0 Å². The zero-order valence-electron chi connectivity index (χ0n) is 10.0. The van der Waals surface area contributed by atoms with Crippen molar-refractivity contribution < 1.29 is 8.42 Å². The van der Waals surface area contributed by atoms with E-state index in [1.807, 2.05) is 6.92 Å². The Hall–Kier alpha value is -0.100. The molecule has 100 valence electrons. The zero-order chi connectivity index (χ0) is 13.3. The Labute approximate surface area is 121 Å². The van der Waals surface area contributed by atoms with Gasteiger partial charge in [-0.2, -0.15) is 4.31 Å². The van der Waals surface area contributed by atoms with Gasteiger partial charge >= 0.3 is 0 Å². The van der Waals surface area contributed by atoms with E-state index in [2.05, 4.69) is 15.9 Å². The molecule has 0 aromatic heterocycles. The maximum Gasteiger partial charge on any atom is 0.244 e. The Balaban J connectivity index is 2.30. The van der Waals surface area contributed by atoms with Gasteiger partial charge in [0, 0.05) is 22.9 Å². The Morgan fingerprint density at radius 1 is 1.39 bits per heavy atom. The van der Waals surface area contributed by atoms with Gasteiger partial charge < -0.3 is 0 Å². The molecule has 1 heterocycles. The van der Waals surface area contributed by atoms with Crippen LogP contribution in [-0.4, -0.2) is 31.2 Å². The van der Waals surface area contributed by atoms with Gasteiger partial charge in [0.2, 0.25) is 10.0 Å². The molecule has 1 saturated heterocycles. The Kier molecular flexibility index (Phi) is 4.36. The fourth-order valence-corrected chi connectivity index (χ4v) is 4.79. The fourth-order valence-electron chi connectivity index (χ4n) is 2.09. The first kappa shape index (κ1) is 14.3. The maximum absolute atomic E-state index is 12.5. The highest BCUT2D eigenvalue weighted by atomic mass is 79.9. The molecule has 2 rings (SSSR count). The molecule has 18 heavy (non-hydrogen) atoms. The van der Waals surface area contributed by atoms with Crippen LogP contribution in [0.5, 0.6) is 0 Å². The van der Waals surface area contributed by atoms with E-state index in [1.165, 1.54) is 4.31 Å². The molecule has 3 nitrogen and oxygen atoms in total. The van der Waals surface area contributed by atoms with E-state index < -0.39 is 10.0 Å². The van der Waals surface area contributed by atoms with Crippen LogP contribution in [-0.2, 0) is 10.0 Å². The van der Waals surface area contributed by atoms with Gasteiger partial charge in [-0.15, -0.1) is 11.6 Å². The lowest BCUT2D eigenvalue weighted by molar-refractivity contribution is 0.286. The van der Waals surface area contributed by atoms with Crippen molar-refractivity contribution in [3.63, 3.8) is 0 Å². The van der Waals surface area contributed by atoms with Crippen LogP contribution in [0.4, 0.5) is 0 Å². The number of hydrogen-bond acceptors (Lipinski definition) is 2. The molecule has 6 heteroatoms. The van der Waals surface area contributed by atoms with E-state index in [0.717, 1.165) is 0 Å². The molecule has 1 aliphatic heterocycles. The van der Waals surface area contributed by atoms with Crippen molar-refractivity contribution in [1.29, 1.82) is 0 Å². The molecule has 0 spiro atoms. The Morgan fingerprint density at radius 3 is 2.67 bits per heavy atom. The number of benzene rings is 1. The summed E-state index contributed by atoms with van der Waals surface area (Å²) >= 11 is 9.42. The number of hydrogen-bond donors (Lipinski definition) is 0. The summed E-state index contributed by atoms with van der Waals surface area (Å²) in [6, 6.07) is 6.90. The van der Waals surface area contributed by atoms with E-state index in [4.69, 9.17) is 11.6 Å². The Bertz CT molecular complexity index is 535. The van der Waals surface area contributed by atoms with Crippen LogP contribution >= 0.6 is 27.5 Å². The molecule has 0 N–H and O–H groups in total. The molecule has 2 unspecified atom stereocenters. The van der Waals surface area contributed by atoms with Crippen LogP contribution in [0.3, 0.4) is 0 Å². The van der Waals surface area contributed by atoms with E-state index in [1.54, 1.807) is 24.3 Å². The minimum atomic E-state index is -3.42. The minimum Gasteiger partial charge on any atom is -0.207 e. The fraction of sp³-hybridized carbons (Fsp3) is 0.500. The summed E-state index contributed by atoms with van der Waals surface area (Å²) in [7, 11) is -3.42. The number of rotatable bonds is 2. The van der Waals surface area contributed by atoms with Crippen molar-refractivity contribution in [2.75, 3.05) is 13.1 Å². The lowest BCUT2D eigenvalue weighted by Crippen LogP contribution is -2.43. The van der Waals surface area contributed by atoms with Gasteiger partial charge in [-0.25, -0.2) is 8.42 Å². The maximum atomic E-state index is 12.5. The van der Waals surface area contributed by atoms with Gasteiger partial charge in [-0.3, -0.25) is 0 Å². The summed E-state index contributed by atoms with van der Waals surface area (Å²) in [5.74, 6) is 0.178. The lowest BCUT2D eigenvalue weighted by Gasteiger charge is -2.33. The third-order valence-corrected chi connectivity index (χ3v) is 6.74. The Morgan fingerprint density at radius 2 is 2.06 bits per heavy atom. The summed E-state index contributed by atoms with van der Waals surface area (Å²) < 4.78 is 27.2. The van der Waals surface area contributed by atoms with Crippen molar-refractivity contribution >= 4 is 37.6 Å². The number of halogens is 2. The van der Waals surface area contributed by atoms with E-state index in [9.17, 15) is 8.42 Å². The number of nitrogens with zero attached hydrogens (tertiary/aromatic N) is 1. The molecule has 0 saturated carbocycles. The quantitative estimate of drug-likeness (QED) is 0.767. The largest absolute Gasteiger partial charge is 0.244 e. The van der Waals surface area contributed by atoms with Gasteiger partial charge in [0.25, 0.3) is 0 Å². The van der Waals surface area contributed by atoms with Crippen molar-refractivity contribution in [3.8, 4) is 0 Å². The summed E-state index contributed by atoms with van der Waals surface area (Å²) in [6.07, 6.45) is 0.701. The molecular formula is C12H15BrClNO2S. The molecule has 1 aliphatic rings. The van der Waals surface area contributed by atoms with Crippen LogP contribution in [0.2, 0.25) is 0 Å². The second kappa shape index (κ2) is 5.49. The van der Waals surface area contributed by atoms with Crippen molar-refractivity contribution in [2.45, 2.75) is 23.6 Å². The monoisotopic (exact) mass is 351 g/mol. The molecule has 0 amide bonds.